The van der Waals surface area contributed by atoms with Gasteiger partial charge in [-0.15, -0.1) is 0 Å². The van der Waals surface area contributed by atoms with E-state index >= 15 is 0 Å². The number of halogens is 1. The zero-order valence-electron chi connectivity index (χ0n) is 12.1. The lowest BCUT2D eigenvalue weighted by atomic mass is 10.1. The first-order chi connectivity index (χ1) is 9.99. The molecule has 5 nitrogen and oxygen atoms in total. The van der Waals surface area contributed by atoms with E-state index in [2.05, 4.69) is 10.6 Å². The van der Waals surface area contributed by atoms with Crippen molar-refractivity contribution >= 4 is 29.3 Å². The van der Waals surface area contributed by atoms with Gasteiger partial charge in [0.2, 0.25) is 0 Å². The third-order valence-corrected chi connectivity index (χ3v) is 3.30. The number of carbonyl (C=O) groups excluding carboxylic acids is 1. The summed E-state index contributed by atoms with van der Waals surface area (Å²) in [5, 5.41) is 14.5. The number of anilines is 1. The van der Waals surface area contributed by atoms with Gasteiger partial charge in [-0.1, -0.05) is 30.5 Å². The number of unbranched alkanes of at least 4 members (excludes halogenated alkanes) is 3. The Labute approximate surface area is 129 Å². The normalized spacial score (nSPS) is 10.2. The molecule has 0 saturated carbocycles. The lowest BCUT2D eigenvalue weighted by Crippen LogP contribution is -2.29. The Morgan fingerprint density at radius 3 is 2.62 bits per heavy atom. The lowest BCUT2D eigenvalue weighted by Gasteiger charge is -2.09. The molecule has 0 aliphatic heterocycles. The van der Waals surface area contributed by atoms with Crippen LogP contribution in [-0.2, 0) is 4.79 Å². The second-order valence-electron chi connectivity index (χ2n) is 4.92. The van der Waals surface area contributed by atoms with Crippen molar-refractivity contribution in [2.24, 2.45) is 0 Å². The molecule has 3 N–H and O–H groups in total. The fraction of sp³-hybridized carbons (Fsp3) is 0.467. The van der Waals surface area contributed by atoms with Gasteiger partial charge in [0.25, 0.3) is 0 Å². The van der Waals surface area contributed by atoms with Gasteiger partial charge in [-0.25, -0.2) is 4.79 Å². The molecule has 0 saturated heterocycles. The second kappa shape index (κ2) is 9.23. The summed E-state index contributed by atoms with van der Waals surface area (Å²) in [6.45, 7) is 2.48. The van der Waals surface area contributed by atoms with E-state index in [1.807, 2.05) is 19.1 Å². The Morgan fingerprint density at radius 2 is 1.90 bits per heavy atom. The highest BCUT2D eigenvalue weighted by atomic mass is 35.5. The standard InChI is InChI=1S/C15H21ClN2O3/c1-11-7-8-12(16)13(10-11)18-15(21)17-9-5-3-2-4-6-14(19)20/h7-8,10H,2-6,9H2,1H3,(H,19,20)(H2,17,18,21). The molecule has 1 rings (SSSR count). The van der Waals surface area contributed by atoms with E-state index in [0.29, 0.717) is 23.7 Å². The molecule has 0 atom stereocenters. The van der Waals surface area contributed by atoms with Crippen LogP contribution in [0.5, 0.6) is 0 Å². The van der Waals surface area contributed by atoms with Gasteiger partial charge < -0.3 is 15.7 Å². The highest BCUT2D eigenvalue weighted by Crippen LogP contribution is 2.22. The fourth-order valence-electron chi connectivity index (χ4n) is 1.86. The number of rotatable bonds is 8. The molecule has 6 heteroatoms. The van der Waals surface area contributed by atoms with Crippen LogP contribution in [0.15, 0.2) is 18.2 Å². The number of carbonyl (C=O) groups is 2. The number of aliphatic carboxylic acids is 1. The van der Waals surface area contributed by atoms with Crippen LogP contribution in [0.4, 0.5) is 10.5 Å². The average molecular weight is 313 g/mol. The lowest BCUT2D eigenvalue weighted by molar-refractivity contribution is -0.137. The maximum Gasteiger partial charge on any atom is 0.319 e. The Morgan fingerprint density at radius 1 is 1.19 bits per heavy atom. The topological polar surface area (TPSA) is 78.4 Å². The summed E-state index contributed by atoms with van der Waals surface area (Å²) >= 11 is 5.99. The van der Waals surface area contributed by atoms with Crippen molar-refractivity contribution in [2.75, 3.05) is 11.9 Å². The first-order valence-corrected chi connectivity index (χ1v) is 7.39. The first-order valence-electron chi connectivity index (χ1n) is 7.02. The molecule has 116 valence electrons. The molecule has 1 aromatic carbocycles. The summed E-state index contributed by atoms with van der Waals surface area (Å²) in [6, 6.07) is 5.15. The first kappa shape index (κ1) is 17.3. The maximum atomic E-state index is 11.7. The van der Waals surface area contributed by atoms with Gasteiger partial charge in [-0.2, -0.15) is 0 Å². The molecule has 0 fully saturated rings. The van der Waals surface area contributed by atoms with Crippen LogP contribution in [0, 0.1) is 6.92 Å². The minimum atomic E-state index is -0.762. The van der Waals surface area contributed by atoms with E-state index in [4.69, 9.17) is 16.7 Å². The SMILES string of the molecule is Cc1ccc(Cl)c(NC(=O)NCCCCCCC(=O)O)c1. The molecule has 0 radical (unpaired) electrons. The predicted molar refractivity (Wildman–Crippen MR) is 83.9 cm³/mol. The number of aryl methyl sites for hydroxylation is 1. The van der Waals surface area contributed by atoms with Crippen molar-refractivity contribution in [3.63, 3.8) is 0 Å². The van der Waals surface area contributed by atoms with Crippen molar-refractivity contribution < 1.29 is 14.7 Å². The number of benzene rings is 1. The molecule has 0 spiro atoms. The predicted octanol–water partition coefficient (Wildman–Crippen LogP) is 3.81. The summed E-state index contributed by atoms with van der Waals surface area (Å²) in [6.07, 6.45) is 3.48. The molecule has 0 aliphatic carbocycles. The Hall–Kier alpha value is -1.75. The minimum absolute atomic E-state index is 0.208. The highest BCUT2D eigenvalue weighted by molar-refractivity contribution is 6.33. The smallest absolute Gasteiger partial charge is 0.319 e. The van der Waals surface area contributed by atoms with Crippen LogP contribution in [0.3, 0.4) is 0 Å². The van der Waals surface area contributed by atoms with Gasteiger partial charge in [0.05, 0.1) is 10.7 Å². The molecule has 1 aromatic rings. The van der Waals surface area contributed by atoms with Crippen LogP contribution in [0.2, 0.25) is 5.02 Å². The van der Waals surface area contributed by atoms with Crippen LogP contribution >= 0.6 is 11.6 Å². The quantitative estimate of drug-likeness (QED) is 0.639. The Balaban J connectivity index is 2.17. The van der Waals surface area contributed by atoms with E-state index < -0.39 is 5.97 Å². The van der Waals surface area contributed by atoms with Gasteiger partial charge in [-0.3, -0.25) is 4.79 Å². The largest absolute Gasteiger partial charge is 0.481 e. The van der Waals surface area contributed by atoms with E-state index in [1.165, 1.54) is 0 Å². The third kappa shape index (κ3) is 7.56. The van der Waals surface area contributed by atoms with Gasteiger partial charge in [0.1, 0.15) is 0 Å². The molecule has 0 bridgehead atoms. The average Bonchev–Trinajstić information content (AvgIpc) is 2.41. The summed E-state index contributed by atoms with van der Waals surface area (Å²) < 4.78 is 0. The summed E-state index contributed by atoms with van der Waals surface area (Å²) in [4.78, 5) is 22.0. The molecule has 21 heavy (non-hydrogen) atoms. The molecule has 0 aliphatic rings. The van der Waals surface area contributed by atoms with E-state index in [-0.39, 0.29) is 12.5 Å². The third-order valence-electron chi connectivity index (χ3n) is 2.97. The van der Waals surface area contributed by atoms with E-state index in [9.17, 15) is 9.59 Å². The molecule has 0 unspecified atom stereocenters. The number of carboxylic acids is 1. The monoisotopic (exact) mass is 312 g/mol. The van der Waals surface area contributed by atoms with Crippen LogP contribution in [-0.4, -0.2) is 23.7 Å². The molecular formula is C15H21ClN2O3. The zero-order chi connectivity index (χ0) is 15.7. The molecule has 2 amide bonds. The number of hydrogen-bond donors (Lipinski definition) is 3. The van der Waals surface area contributed by atoms with Crippen molar-refractivity contribution in [3.05, 3.63) is 28.8 Å². The Kier molecular flexibility index (Phi) is 7.61. The van der Waals surface area contributed by atoms with Crippen LogP contribution in [0.25, 0.3) is 0 Å². The summed E-state index contributed by atoms with van der Waals surface area (Å²) in [7, 11) is 0. The van der Waals surface area contributed by atoms with Crippen LogP contribution < -0.4 is 10.6 Å². The molecular weight excluding hydrogens is 292 g/mol. The van der Waals surface area contributed by atoms with Gasteiger partial charge >= 0.3 is 12.0 Å². The number of amides is 2. The molecule has 0 aromatic heterocycles. The second-order valence-corrected chi connectivity index (χ2v) is 5.33. The number of hydrogen-bond acceptors (Lipinski definition) is 2. The number of nitrogens with one attached hydrogen (secondary N) is 2. The van der Waals surface area contributed by atoms with Crippen molar-refractivity contribution in [1.29, 1.82) is 0 Å². The minimum Gasteiger partial charge on any atom is -0.481 e. The van der Waals surface area contributed by atoms with Gasteiger partial charge in [0.15, 0.2) is 0 Å². The van der Waals surface area contributed by atoms with Gasteiger partial charge in [0, 0.05) is 13.0 Å². The Bertz CT molecular complexity index is 492. The van der Waals surface area contributed by atoms with Crippen molar-refractivity contribution in [1.82, 2.24) is 5.32 Å². The summed E-state index contributed by atoms with van der Waals surface area (Å²) in [5.74, 6) is -0.762. The van der Waals surface area contributed by atoms with Crippen molar-refractivity contribution in [2.45, 2.75) is 39.0 Å². The molecule has 0 heterocycles. The number of urea groups is 1. The zero-order valence-corrected chi connectivity index (χ0v) is 12.9. The van der Waals surface area contributed by atoms with E-state index in [0.717, 1.165) is 24.8 Å². The van der Waals surface area contributed by atoms with Gasteiger partial charge in [-0.05, 0) is 37.5 Å². The maximum absolute atomic E-state index is 11.7. The highest BCUT2D eigenvalue weighted by Gasteiger charge is 2.05. The van der Waals surface area contributed by atoms with Crippen LogP contribution in [0.1, 0.15) is 37.7 Å². The van der Waals surface area contributed by atoms with Crippen molar-refractivity contribution in [3.8, 4) is 0 Å². The number of carboxylic acid groups (broad SMARTS) is 1. The fourth-order valence-corrected chi connectivity index (χ4v) is 2.02. The summed E-state index contributed by atoms with van der Waals surface area (Å²) in [5.41, 5.74) is 1.61. The van der Waals surface area contributed by atoms with E-state index in [1.54, 1.807) is 6.07 Å².